The van der Waals surface area contributed by atoms with Crippen LogP contribution in [-0.2, 0) is 4.79 Å². The van der Waals surface area contributed by atoms with Crippen LogP contribution in [0.2, 0.25) is 0 Å². The lowest BCUT2D eigenvalue weighted by Crippen LogP contribution is -2.28. The molecule has 0 bridgehead atoms. The van der Waals surface area contributed by atoms with E-state index in [1.807, 2.05) is 12.1 Å². The number of nitrogens with one attached hydrogen (secondary N) is 1. The van der Waals surface area contributed by atoms with E-state index in [0.29, 0.717) is 12.5 Å². The molecule has 0 saturated heterocycles. The quantitative estimate of drug-likeness (QED) is 0.819. The molecule has 98 valence electrons. The molecule has 0 aliphatic carbocycles. The van der Waals surface area contributed by atoms with Crippen LogP contribution in [0.15, 0.2) is 22.7 Å². The van der Waals surface area contributed by atoms with Crippen LogP contribution in [0, 0.1) is 0 Å². The van der Waals surface area contributed by atoms with Gasteiger partial charge in [0.15, 0.2) is 0 Å². The van der Waals surface area contributed by atoms with Crippen molar-refractivity contribution in [1.29, 1.82) is 0 Å². The number of rotatable bonds is 5. The maximum Gasteiger partial charge on any atom is 0.217 e. The van der Waals surface area contributed by atoms with Crippen molar-refractivity contribution in [3.05, 3.63) is 28.2 Å². The Morgan fingerprint density at radius 2 is 2.39 bits per heavy atom. The summed E-state index contributed by atoms with van der Waals surface area (Å²) in [5, 5.41) is 3.45. The molecule has 1 aliphatic heterocycles. The Labute approximate surface area is 115 Å². The molecule has 0 aromatic heterocycles. The molecular weight excluding hydrogens is 296 g/mol. The van der Waals surface area contributed by atoms with Crippen LogP contribution in [-0.4, -0.2) is 19.1 Å². The molecule has 0 saturated carbocycles. The molecule has 1 atom stereocenters. The average molecular weight is 313 g/mol. The summed E-state index contributed by atoms with van der Waals surface area (Å²) < 4.78 is 6.67. The normalized spacial score (nSPS) is 17.9. The first-order valence-corrected chi connectivity index (χ1v) is 6.90. The lowest BCUT2D eigenvalue weighted by molar-refractivity contribution is -0.118. The lowest BCUT2D eigenvalue weighted by Gasteiger charge is -2.27. The minimum Gasteiger partial charge on any atom is -0.493 e. The van der Waals surface area contributed by atoms with Crippen LogP contribution in [0.3, 0.4) is 0 Å². The van der Waals surface area contributed by atoms with Gasteiger partial charge < -0.3 is 15.8 Å². The number of benzene rings is 1. The third kappa shape index (κ3) is 3.46. The summed E-state index contributed by atoms with van der Waals surface area (Å²) in [6.07, 6.45) is 2.15. The van der Waals surface area contributed by atoms with E-state index in [9.17, 15) is 4.79 Å². The van der Waals surface area contributed by atoms with Gasteiger partial charge in [-0.15, -0.1) is 0 Å². The number of hydrogen-bond donors (Lipinski definition) is 2. The number of primary amides is 1. The highest BCUT2D eigenvalue weighted by atomic mass is 79.9. The van der Waals surface area contributed by atoms with Gasteiger partial charge in [-0.05, 0) is 31.2 Å². The monoisotopic (exact) mass is 312 g/mol. The minimum absolute atomic E-state index is 0.244. The molecule has 2 rings (SSSR count). The van der Waals surface area contributed by atoms with Crippen molar-refractivity contribution in [2.24, 2.45) is 5.73 Å². The summed E-state index contributed by atoms with van der Waals surface area (Å²) in [7, 11) is 0. The van der Waals surface area contributed by atoms with E-state index in [2.05, 4.69) is 27.3 Å². The second-order valence-corrected chi connectivity index (χ2v) is 5.31. The average Bonchev–Trinajstić information content (AvgIpc) is 2.34. The number of hydrogen-bond acceptors (Lipinski definition) is 3. The molecule has 1 unspecified atom stereocenters. The summed E-state index contributed by atoms with van der Waals surface area (Å²) in [6, 6.07) is 6.34. The number of halogens is 1. The zero-order chi connectivity index (χ0) is 13.0. The van der Waals surface area contributed by atoms with Crippen LogP contribution in [0.25, 0.3) is 0 Å². The number of nitrogens with two attached hydrogens (primary N) is 1. The molecular formula is C13H17BrN2O2. The number of amides is 1. The molecule has 1 aromatic carbocycles. The van der Waals surface area contributed by atoms with Crippen LogP contribution in [0.4, 0.5) is 0 Å². The predicted octanol–water partition coefficient (Wildman–Crippen LogP) is 2.13. The van der Waals surface area contributed by atoms with E-state index in [1.54, 1.807) is 0 Å². The van der Waals surface area contributed by atoms with Crippen molar-refractivity contribution >= 4 is 21.8 Å². The van der Waals surface area contributed by atoms with Gasteiger partial charge in [0.2, 0.25) is 5.91 Å². The second kappa shape index (κ2) is 6.20. The maximum absolute atomic E-state index is 10.7. The Balaban J connectivity index is 1.95. The first kappa shape index (κ1) is 13.4. The SMILES string of the molecule is NC(=O)CCCNC1CCOc2ccc(Br)cc21. The molecule has 1 aliphatic rings. The molecule has 0 spiro atoms. The fourth-order valence-corrected chi connectivity index (χ4v) is 2.50. The third-order valence-electron chi connectivity index (χ3n) is 3.00. The van der Waals surface area contributed by atoms with E-state index >= 15 is 0 Å². The number of ether oxygens (including phenoxy) is 1. The second-order valence-electron chi connectivity index (χ2n) is 4.40. The Morgan fingerprint density at radius 1 is 1.56 bits per heavy atom. The highest BCUT2D eigenvalue weighted by Gasteiger charge is 2.20. The summed E-state index contributed by atoms with van der Waals surface area (Å²) in [5.74, 6) is 0.698. The van der Waals surface area contributed by atoms with Crippen molar-refractivity contribution < 1.29 is 9.53 Å². The zero-order valence-corrected chi connectivity index (χ0v) is 11.7. The summed E-state index contributed by atoms with van der Waals surface area (Å²) in [6.45, 7) is 1.52. The van der Waals surface area contributed by atoms with Gasteiger partial charge in [0.25, 0.3) is 0 Å². The van der Waals surface area contributed by atoms with Gasteiger partial charge >= 0.3 is 0 Å². The number of carbonyl (C=O) groups excluding carboxylic acids is 1. The first-order valence-electron chi connectivity index (χ1n) is 6.11. The molecule has 0 radical (unpaired) electrons. The van der Waals surface area contributed by atoms with Crippen LogP contribution < -0.4 is 15.8 Å². The number of fused-ring (bicyclic) bond motifs is 1. The Kier molecular flexibility index (Phi) is 4.60. The Hall–Kier alpha value is -1.07. The molecule has 0 fully saturated rings. The van der Waals surface area contributed by atoms with Gasteiger partial charge in [-0.3, -0.25) is 4.79 Å². The van der Waals surface area contributed by atoms with Gasteiger partial charge in [-0.2, -0.15) is 0 Å². The topological polar surface area (TPSA) is 64.4 Å². The zero-order valence-electron chi connectivity index (χ0n) is 10.1. The Morgan fingerprint density at radius 3 is 3.17 bits per heavy atom. The van der Waals surface area contributed by atoms with E-state index < -0.39 is 0 Å². The van der Waals surface area contributed by atoms with Crippen molar-refractivity contribution in [2.75, 3.05) is 13.2 Å². The van der Waals surface area contributed by atoms with Crippen molar-refractivity contribution in [3.63, 3.8) is 0 Å². The summed E-state index contributed by atoms with van der Waals surface area (Å²) in [4.78, 5) is 10.7. The maximum atomic E-state index is 10.7. The summed E-state index contributed by atoms with van der Waals surface area (Å²) >= 11 is 3.47. The smallest absolute Gasteiger partial charge is 0.217 e. The van der Waals surface area contributed by atoms with Crippen molar-refractivity contribution in [2.45, 2.75) is 25.3 Å². The van der Waals surface area contributed by atoms with Gasteiger partial charge in [-0.25, -0.2) is 0 Å². The number of carbonyl (C=O) groups is 1. The van der Waals surface area contributed by atoms with Gasteiger partial charge in [0.05, 0.1) is 6.61 Å². The molecule has 3 N–H and O–H groups in total. The largest absolute Gasteiger partial charge is 0.493 e. The van der Waals surface area contributed by atoms with Crippen LogP contribution in [0.5, 0.6) is 5.75 Å². The van der Waals surface area contributed by atoms with Gasteiger partial charge in [0, 0.05) is 28.9 Å². The predicted molar refractivity (Wildman–Crippen MR) is 73.4 cm³/mol. The molecule has 4 nitrogen and oxygen atoms in total. The lowest BCUT2D eigenvalue weighted by atomic mass is 10.0. The molecule has 1 heterocycles. The van der Waals surface area contributed by atoms with Crippen LogP contribution in [0.1, 0.15) is 30.9 Å². The van der Waals surface area contributed by atoms with E-state index in [1.165, 1.54) is 5.56 Å². The summed E-state index contributed by atoms with van der Waals surface area (Å²) in [5.41, 5.74) is 6.29. The molecule has 5 heteroatoms. The van der Waals surface area contributed by atoms with Gasteiger partial charge in [-0.1, -0.05) is 15.9 Å². The standard InChI is InChI=1S/C13H17BrN2O2/c14-9-3-4-12-10(8-9)11(5-7-18-12)16-6-1-2-13(15)17/h3-4,8,11,16H,1-2,5-7H2,(H2,15,17). The fourth-order valence-electron chi connectivity index (χ4n) is 2.12. The highest BCUT2D eigenvalue weighted by Crippen LogP contribution is 2.33. The molecule has 1 amide bonds. The van der Waals surface area contributed by atoms with Gasteiger partial charge in [0.1, 0.15) is 5.75 Å². The molecule has 1 aromatic rings. The first-order chi connectivity index (χ1) is 8.66. The molecule has 18 heavy (non-hydrogen) atoms. The van der Waals surface area contributed by atoms with E-state index in [4.69, 9.17) is 10.5 Å². The van der Waals surface area contributed by atoms with E-state index in [0.717, 1.165) is 36.2 Å². The highest BCUT2D eigenvalue weighted by molar-refractivity contribution is 9.10. The van der Waals surface area contributed by atoms with E-state index in [-0.39, 0.29) is 5.91 Å². The Bertz CT molecular complexity index is 437. The fraction of sp³-hybridized carbons (Fsp3) is 0.462. The van der Waals surface area contributed by atoms with Crippen molar-refractivity contribution in [1.82, 2.24) is 5.32 Å². The van der Waals surface area contributed by atoms with Crippen LogP contribution >= 0.6 is 15.9 Å². The minimum atomic E-state index is -0.244. The van der Waals surface area contributed by atoms with Crippen molar-refractivity contribution in [3.8, 4) is 5.75 Å². The third-order valence-corrected chi connectivity index (χ3v) is 3.50.